The van der Waals surface area contributed by atoms with E-state index in [-0.39, 0.29) is 13.0 Å². The standard InChI is InChI=1S/C11H19NO3/c1-5-11(3,4)12-8-9(13)7-10(14)15-6-2/h1,9,12-13H,6-8H2,2-4H3. The molecule has 0 aromatic heterocycles. The molecule has 0 aromatic carbocycles. The second kappa shape index (κ2) is 6.44. The second-order valence-electron chi connectivity index (χ2n) is 3.81. The zero-order chi connectivity index (χ0) is 11.9. The highest BCUT2D eigenvalue weighted by Gasteiger charge is 2.17. The van der Waals surface area contributed by atoms with Crippen LogP contribution in [0.3, 0.4) is 0 Å². The minimum atomic E-state index is -0.767. The number of esters is 1. The van der Waals surface area contributed by atoms with E-state index < -0.39 is 17.6 Å². The van der Waals surface area contributed by atoms with Crippen molar-refractivity contribution in [3.8, 4) is 12.3 Å². The molecule has 0 aliphatic carbocycles. The Balaban J connectivity index is 3.81. The number of ether oxygens (including phenoxy) is 1. The van der Waals surface area contributed by atoms with Crippen molar-refractivity contribution >= 4 is 5.97 Å². The molecule has 0 saturated carbocycles. The van der Waals surface area contributed by atoms with Gasteiger partial charge in [0.1, 0.15) is 0 Å². The molecule has 0 bridgehead atoms. The molecule has 15 heavy (non-hydrogen) atoms. The number of hydrogen-bond acceptors (Lipinski definition) is 4. The summed E-state index contributed by atoms with van der Waals surface area (Å²) in [6.07, 6.45) is 4.48. The average Bonchev–Trinajstić information content (AvgIpc) is 2.15. The van der Waals surface area contributed by atoms with Crippen molar-refractivity contribution < 1.29 is 14.6 Å². The number of aliphatic hydroxyl groups excluding tert-OH is 1. The van der Waals surface area contributed by atoms with E-state index in [2.05, 4.69) is 11.2 Å². The molecule has 0 aliphatic heterocycles. The van der Waals surface area contributed by atoms with Gasteiger partial charge in [0, 0.05) is 6.54 Å². The Hall–Kier alpha value is -1.05. The summed E-state index contributed by atoms with van der Waals surface area (Å²) in [7, 11) is 0. The third-order valence-corrected chi connectivity index (χ3v) is 1.85. The second-order valence-corrected chi connectivity index (χ2v) is 3.81. The van der Waals surface area contributed by atoms with Gasteiger partial charge in [-0.15, -0.1) is 6.42 Å². The summed E-state index contributed by atoms with van der Waals surface area (Å²) >= 11 is 0. The van der Waals surface area contributed by atoms with Crippen LogP contribution in [0.5, 0.6) is 0 Å². The van der Waals surface area contributed by atoms with Crippen molar-refractivity contribution in [3.63, 3.8) is 0 Å². The van der Waals surface area contributed by atoms with Gasteiger partial charge in [0.25, 0.3) is 0 Å². The summed E-state index contributed by atoms with van der Waals surface area (Å²) in [5.41, 5.74) is -0.477. The largest absolute Gasteiger partial charge is 0.466 e. The van der Waals surface area contributed by atoms with Gasteiger partial charge in [0.15, 0.2) is 0 Å². The average molecular weight is 213 g/mol. The Morgan fingerprint density at radius 3 is 2.73 bits per heavy atom. The first-order chi connectivity index (χ1) is 6.91. The van der Waals surface area contributed by atoms with Crippen LogP contribution in [-0.4, -0.2) is 35.9 Å². The van der Waals surface area contributed by atoms with Crippen molar-refractivity contribution in [2.24, 2.45) is 0 Å². The summed E-state index contributed by atoms with van der Waals surface area (Å²) in [6.45, 7) is 5.98. The third kappa shape index (κ3) is 6.95. The van der Waals surface area contributed by atoms with Gasteiger partial charge in [0.2, 0.25) is 0 Å². The lowest BCUT2D eigenvalue weighted by Crippen LogP contribution is -2.42. The lowest BCUT2D eigenvalue weighted by molar-refractivity contribution is -0.145. The lowest BCUT2D eigenvalue weighted by Gasteiger charge is -2.21. The van der Waals surface area contributed by atoms with E-state index in [1.54, 1.807) is 6.92 Å². The summed E-state index contributed by atoms with van der Waals surface area (Å²) in [6, 6.07) is 0. The first-order valence-corrected chi connectivity index (χ1v) is 4.97. The number of nitrogens with one attached hydrogen (secondary N) is 1. The van der Waals surface area contributed by atoms with E-state index in [0.29, 0.717) is 6.61 Å². The van der Waals surface area contributed by atoms with E-state index in [1.165, 1.54) is 0 Å². The molecule has 0 saturated heterocycles. The topological polar surface area (TPSA) is 58.6 Å². The predicted octanol–water partition coefficient (Wildman–Crippen LogP) is 0.302. The van der Waals surface area contributed by atoms with Gasteiger partial charge in [-0.25, -0.2) is 0 Å². The van der Waals surface area contributed by atoms with Gasteiger partial charge in [-0.3, -0.25) is 10.1 Å². The zero-order valence-corrected chi connectivity index (χ0v) is 9.54. The van der Waals surface area contributed by atoms with Crippen LogP contribution < -0.4 is 5.32 Å². The van der Waals surface area contributed by atoms with Crippen LogP contribution in [-0.2, 0) is 9.53 Å². The van der Waals surface area contributed by atoms with Gasteiger partial charge in [-0.2, -0.15) is 0 Å². The Bertz CT molecular complexity index is 243. The molecule has 1 atom stereocenters. The Labute approximate surface area is 91.0 Å². The summed E-state index contributed by atoms with van der Waals surface area (Å²) in [5, 5.41) is 12.4. The highest BCUT2D eigenvalue weighted by molar-refractivity contribution is 5.69. The van der Waals surface area contributed by atoms with E-state index >= 15 is 0 Å². The molecule has 2 N–H and O–H groups in total. The van der Waals surface area contributed by atoms with Crippen LogP contribution in [0.4, 0.5) is 0 Å². The molecular weight excluding hydrogens is 194 g/mol. The van der Waals surface area contributed by atoms with Gasteiger partial charge in [0.05, 0.1) is 24.7 Å². The molecule has 4 heteroatoms. The number of carbonyl (C=O) groups is 1. The van der Waals surface area contributed by atoms with Gasteiger partial charge < -0.3 is 9.84 Å². The predicted molar refractivity (Wildman–Crippen MR) is 58.2 cm³/mol. The lowest BCUT2D eigenvalue weighted by atomic mass is 10.1. The highest BCUT2D eigenvalue weighted by Crippen LogP contribution is 2.00. The molecule has 0 aromatic rings. The molecule has 4 nitrogen and oxygen atoms in total. The Morgan fingerprint density at radius 2 is 2.27 bits per heavy atom. The fourth-order valence-corrected chi connectivity index (χ4v) is 0.908. The van der Waals surface area contributed by atoms with Crippen molar-refractivity contribution in [3.05, 3.63) is 0 Å². The van der Waals surface area contributed by atoms with E-state index in [1.807, 2.05) is 13.8 Å². The van der Waals surface area contributed by atoms with Gasteiger partial charge in [-0.05, 0) is 20.8 Å². The van der Waals surface area contributed by atoms with Crippen molar-refractivity contribution in [1.29, 1.82) is 0 Å². The van der Waals surface area contributed by atoms with Crippen molar-refractivity contribution in [2.75, 3.05) is 13.2 Å². The fourth-order valence-electron chi connectivity index (χ4n) is 0.908. The minimum absolute atomic E-state index is 0.0124. The van der Waals surface area contributed by atoms with Crippen LogP contribution in [0.1, 0.15) is 27.2 Å². The third-order valence-electron chi connectivity index (χ3n) is 1.85. The smallest absolute Gasteiger partial charge is 0.308 e. The Morgan fingerprint density at radius 1 is 1.67 bits per heavy atom. The zero-order valence-electron chi connectivity index (χ0n) is 9.54. The molecule has 0 fully saturated rings. The SMILES string of the molecule is C#CC(C)(C)NCC(O)CC(=O)OCC. The van der Waals surface area contributed by atoms with Crippen LogP contribution in [0.15, 0.2) is 0 Å². The molecule has 1 unspecified atom stereocenters. The number of terminal acetylenes is 1. The highest BCUT2D eigenvalue weighted by atomic mass is 16.5. The fraction of sp³-hybridized carbons (Fsp3) is 0.727. The monoisotopic (exact) mass is 213 g/mol. The summed E-state index contributed by atoms with van der Waals surface area (Å²) in [5.74, 6) is 2.14. The van der Waals surface area contributed by atoms with Crippen LogP contribution in [0.25, 0.3) is 0 Å². The molecule has 0 spiro atoms. The molecule has 0 rings (SSSR count). The van der Waals surface area contributed by atoms with E-state index in [0.717, 1.165) is 0 Å². The summed E-state index contributed by atoms with van der Waals surface area (Å²) in [4.78, 5) is 11.0. The number of rotatable bonds is 6. The van der Waals surface area contributed by atoms with Crippen LogP contribution in [0, 0.1) is 12.3 Å². The molecule has 0 aliphatic rings. The number of hydrogen-bond donors (Lipinski definition) is 2. The maximum absolute atomic E-state index is 11.0. The van der Waals surface area contributed by atoms with Gasteiger partial charge >= 0.3 is 5.97 Å². The quantitative estimate of drug-likeness (QED) is 0.492. The Kier molecular flexibility index (Phi) is 5.99. The van der Waals surface area contributed by atoms with E-state index in [9.17, 15) is 9.90 Å². The maximum Gasteiger partial charge on any atom is 0.308 e. The summed E-state index contributed by atoms with van der Waals surface area (Å²) < 4.78 is 4.70. The molecular formula is C11H19NO3. The van der Waals surface area contributed by atoms with Crippen LogP contribution >= 0.6 is 0 Å². The first-order valence-electron chi connectivity index (χ1n) is 4.97. The molecule has 0 amide bonds. The van der Waals surface area contributed by atoms with Crippen molar-refractivity contribution in [1.82, 2.24) is 5.32 Å². The molecule has 0 radical (unpaired) electrons. The minimum Gasteiger partial charge on any atom is -0.466 e. The normalized spacial score (nSPS) is 13.0. The van der Waals surface area contributed by atoms with E-state index in [4.69, 9.17) is 11.2 Å². The number of β-amino-alcohol motifs (C(OH)–C–C–N with tert-alkyl or cyclic N) is 1. The molecule has 0 heterocycles. The van der Waals surface area contributed by atoms with Crippen LogP contribution in [0.2, 0.25) is 0 Å². The maximum atomic E-state index is 11.0. The van der Waals surface area contributed by atoms with Crippen molar-refractivity contribution in [2.45, 2.75) is 38.8 Å². The number of aliphatic hydroxyl groups is 1. The van der Waals surface area contributed by atoms with Gasteiger partial charge in [-0.1, -0.05) is 5.92 Å². The molecule has 86 valence electrons. The number of carbonyl (C=O) groups excluding carboxylic acids is 1. The first kappa shape index (κ1) is 13.9.